The van der Waals surface area contributed by atoms with Crippen molar-refractivity contribution in [3.8, 4) is 22.9 Å². The average molecular weight is 272 g/mol. The first kappa shape index (κ1) is 13.5. The molecule has 2 aromatic carbocycles. The van der Waals surface area contributed by atoms with Crippen molar-refractivity contribution in [2.45, 2.75) is 19.4 Å². The van der Waals surface area contributed by atoms with E-state index < -0.39 is 6.10 Å². The maximum atomic E-state index is 8.89. The summed E-state index contributed by atoms with van der Waals surface area (Å²) in [7, 11) is 0. The van der Waals surface area contributed by atoms with Gasteiger partial charge >= 0.3 is 0 Å². The van der Waals surface area contributed by atoms with Crippen LogP contribution < -0.4 is 4.74 Å². The highest BCUT2D eigenvalue weighted by Crippen LogP contribution is 2.31. The van der Waals surface area contributed by atoms with Crippen LogP contribution in [0.15, 0.2) is 48.5 Å². The monoisotopic (exact) mass is 271 g/mol. The van der Waals surface area contributed by atoms with Crippen molar-refractivity contribution in [3.05, 3.63) is 53.6 Å². The minimum Gasteiger partial charge on any atom is -0.474 e. The molecular formula is C16H14ClNO. The highest BCUT2D eigenvalue weighted by atomic mass is 35.5. The Labute approximate surface area is 118 Å². The number of rotatable bonds is 4. The Balaban J connectivity index is 2.25. The van der Waals surface area contributed by atoms with Crippen molar-refractivity contribution in [2.24, 2.45) is 0 Å². The van der Waals surface area contributed by atoms with E-state index in [0.717, 1.165) is 11.1 Å². The highest BCUT2D eigenvalue weighted by molar-refractivity contribution is 6.32. The zero-order chi connectivity index (χ0) is 13.7. The van der Waals surface area contributed by atoms with Gasteiger partial charge in [-0.2, -0.15) is 5.26 Å². The summed E-state index contributed by atoms with van der Waals surface area (Å²) in [4.78, 5) is 0. The second-order valence-corrected chi connectivity index (χ2v) is 4.56. The summed E-state index contributed by atoms with van der Waals surface area (Å²) in [5, 5.41) is 9.42. The van der Waals surface area contributed by atoms with Crippen LogP contribution in [-0.4, -0.2) is 6.10 Å². The Morgan fingerprint density at radius 1 is 1.16 bits per heavy atom. The van der Waals surface area contributed by atoms with E-state index in [1.54, 1.807) is 0 Å². The van der Waals surface area contributed by atoms with Crippen LogP contribution in [-0.2, 0) is 0 Å². The molecule has 0 bridgehead atoms. The Kier molecular flexibility index (Phi) is 4.43. The van der Waals surface area contributed by atoms with E-state index >= 15 is 0 Å². The Morgan fingerprint density at radius 3 is 2.47 bits per heavy atom. The molecule has 0 aliphatic carbocycles. The quantitative estimate of drug-likeness (QED) is 0.808. The fraction of sp³-hybridized carbons (Fsp3) is 0.188. The maximum Gasteiger partial charge on any atom is 0.184 e. The molecule has 2 nitrogen and oxygen atoms in total. The first-order valence-corrected chi connectivity index (χ1v) is 6.53. The van der Waals surface area contributed by atoms with Crippen molar-refractivity contribution in [1.29, 1.82) is 5.26 Å². The van der Waals surface area contributed by atoms with Crippen LogP contribution in [0.1, 0.15) is 13.3 Å². The lowest BCUT2D eigenvalue weighted by Gasteiger charge is -2.12. The molecular weight excluding hydrogens is 258 g/mol. The van der Waals surface area contributed by atoms with Crippen LogP contribution >= 0.6 is 11.6 Å². The van der Waals surface area contributed by atoms with Gasteiger partial charge in [-0.1, -0.05) is 54.9 Å². The van der Waals surface area contributed by atoms with E-state index in [2.05, 4.69) is 6.07 Å². The number of hydrogen-bond acceptors (Lipinski definition) is 2. The SMILES string of the molecule is CCC(C#N)Oc1ccc(-c2ccccc2)cc1Cl. The first-order valence-electron chi connectivity index (χ1n) is 6.16. The Bertz CT molecular complexity index is 589. The molecule has 2 aromatic rings. The van der Waals surface area contributed by atoms with E-state index in [-0.39, 0.29) is 0 Å². The van der Waals surface area contributed by atoms with Crippen LogP contribution in [0.4, 0.5) is 0 Å². The summed E-state index contributed by atoms with van der Waals surface area (Å²) >= 11 is 6.20. The van der Waals surface area contributed by atoms with Gasteiger partial charge in [0.2, 0.25) is 0 Å². The molecule has 96 valence electrons. The summed E-state index contributed by atoms with van der Waals surface area (Å²) in [6.45, 7) is 1.90. The smallest absolute Gasteiger partial charge is 0.184 e. The topological polar surface area (TPSA) is 33.0 Å². The number of nitrogens with zero attached hydrogens (tertiary/aromatic N) is 1. The zero-order valence-electron chi connectivity index (χ0n) is 10.6. The van der Waals surface area contributed by atoms with Crippen LogP contribution in [0.2, 0.25) is 5.02 Å². The molecule has 0 N–H and O–H groups in total. The molecule has 2 rings (SSSR count). The summed E-state index contributed by atoms with van der Waals surface area (Å²) in [6, 6.07) is 17.7. The lowest BCUT2D eigenvalue weighted by Crippen LogP contribution is -2.12. The molecule has 3 heteroatoms. The molecule has 1 unspecified atom stereocenters. The number of hydrogen-bond donors (Lipinski definition) is 0. The summed E-state index contributed by atoms with van der Waals surface area (Å²) in [5.74, 6) is 0.551. The van der Waals surface area contributed by atoms with Crippen molar-refractivity contribution >= 4 is 11.6 Å². The summed E-state index contributed by atoms with van der Waals surface area (Å²) in [6.07, 6.45) is 0.174. The second kappa shape index (κ2) is 6.26. The highest BCUT2D eigenvalue weighted by Gasteiger charge is 2.10. The van der Waals surface area contributed by atoms with Crippen molar-refractivity contribution < 1.29 is 4.74 Å². The van der Waals surface area contributed by atoms with E-state index in [0.29, 0.717) is 17.2 Å². The van der Waals surface area contributed by atoms with Crippen LogP contribution in [0.3, 0.4) is 0 Å². The van der Waals surface area contributed by atoms with Crippen LogP contribution in [0.5, 0.6) is 5.75 Å². The predicted octanol–water partition coefficient (Wildman–Crippen LogP) is 4.69. The van der Waals surface area contributed by atoms with Gasteiger partial charge < -0.3 is 4.74 Å². The largest absolute Gasteiger partial charge is 0.474 e. The number of nitriles is 1. The number of benzene rings is 2. The fourth-order valence-electron chi connectivity index (χ4n) is 1.76. The van der Waals surface area contributed by atoms with E-state index in [1.165, 1.54) is 0 Å². The van der Waals surface area contributed by atoms with Crippen molar-refractivity contribution in [3.63, 3.8) is 0 Å². The normalized spacial score (nSPS) is 11.6. The molecule has 0 heterocycles. The number of ether oxygens (including phenoxy) is 1. The standard InChI is InChI=1S/C16H14ClNO/c1-2-14(11-18)19-16-9-8-13(10-15(16)17)12-6-4-3-5-7-12/h3-10,14H,2H2,1H3. The minimum absolute atomic E-state index is 0.458. The van der Waals surface area contributed by atoms with Gasteiger partial charge in [0.1, 0.15) is 11.8 Å². The summed E-state index contributed by atoms with van der Waals surface area (Å²) in [5.41, 5.74) is 2.13. The van der Waals surface area contributed by atoms with Crippen molar-refractivity contribution in [2.75, 3.05) is 0 Å². The van der Waals surface area contributed by atoms with Gasteiger partial charge in [-0.05, 0) is 29.7 Å². The molecule has 0 fully saturated rings. The third kappa shape index (κ3) is 3.27. The van der Waals surface area contributed by atoms with Gasteiger partial charge in [-0.25, -0.2) is 0 Å². The fourth-order valence-corrected chi connectivity index (χ4v) is 1.99. The van der Waals surface area contributed by atoms with Gasteiger partial charge in [-0.3, -0.25) is 0 Å². The molecule has 0 amide bonds. The van der Waals surface area contributed by atoms with Gasteiger partial charge in [0, 0.05) is 0 Å². The third-order valence-corrected chi connectivity index (χ3v) is 3.12. The molecule has 0 saturated carbocycles. The van der Waals surface area contributed by atoms with E-state index in [9.17, 15) is 0 Å². The van der Waals surface area contributed by atoms with Gasteiger partial charge in [-0.15, -0.1) is 0 Å². The van der Waals surface area contributed by atoms with Crippen LogP contribution in [0, 0.1) is 11.3 Å². The van der Waals surface area contributed by atoms with Gasteiger partial charge in [0.05, 0.1) is 5.02 Å². The van der Waals surface area contributed by atoms with Crippen LogP contribution in [0.25, 0.3) is 11.1 Å². The molecule has 0 saturated heterocycles. The third-order valence-electron chi connectivity index (χ3n) is 2.82. The van der Waals surface area contributed by atoms with Gasteiger partial charge in [0.25, 0.3) is 0 Å². The lowest BCUT2D eigenvalue weighted by atomic mass is 10.1. The van der Waals surface area contributed by atoms with Crippen molar-refractivity contribution in [1.82, 2.24) is 0 Å². The number of halogens is 1. The molecule has 1 atom stereocenters. The average Bonchev–Trinajstić information content (AvgIpc) is 2.47. The first-order chi connectivity index (χ1) is 9.24. The molecule has 0 aliphatic rings. The maximum absolute atomic E-state index is 8.89. The molecule has 0 spiro atoms. The van der Waals surface area contributed by atoms with Gasteiger partial charge in [0.15, 0.2) is 6.10 Å². The molecule has 0 aromatic heterocycles. The zero-order valence-corrected chi connectivity index (χ0v) is 11.4. The van der Waals surface area contributed by atoms with E-state index in [4.69, 9.17) is 21.6 Å². The molecule has 19 heavy (non-hydrogen) atoms. The minimum atomic E-state index is -0.458. The Morgan fingerprint density at radius 2 is 1.89 bits per heavy atom. The second-order valence-electron chi connectivity index (χ2n) is 4.16. The molecule has 0 aliphatic heterocycles. The Hall–Kier alpha value is -1.98. The molecule has 0 radical (unpaired) electrons. The van der Waals surface area contributed by atoms with E-state index in [1.807, 2.05) is 55.5 Å². The summed E-state index contributed by atoms with van der Waals surface area (Å²) < 4.78 is 5.54. The lowest BCUT2D eigenvalue weighted by molar-refractivity contribution is 0.252. The predicted molar refractivity (Wildman–Crippen MR) is 77.2 cm³/mol.